The van der Waals surface area contributed by atoms with Crippen LogP contribution in [0.1, 0.15) is 40.0 Å². The standard InChI is InChI=1S/C13H22O/c1-5-7-11(14)12-10(2)8-6-9-13(12,3)4/h5,7,11-12,14H,2,6,8-9H2,1,3-4H3/b7-5+. The highest BCUT2D eigenvalue weighted by molar-refractivity contribution is 5.14. The van der Waals surface area contributed by atoms with Gasteiger partial charge in [-0.2, -0.15) is 0 Å². The van der Waals surface area contributed by atoms with Crippen molar-refractivity contribution in [3.8, 4) is 0 Å². The normalized spacial score (nSPS) is 29.4. The first-order valence-corrected chi connectivity index (χ1v) is 5.47. The molecule has 0 spiro atoms. The number of hydrogen-bond acceptors (Lipinski definition) is 1. The van der Waals surface area contributed by atoms with Crippen LogP contribution in [0.3, 0.4) is 0 Å². The molecule has 1 aliphatic carbocycles. The molecule has 0 aromatic heterocycles. The van der Waals surface area contributed by atoms with Gasteiger partial charge in [0, 0.05) is 5.92 Å². The molecule has 0 amide bonds. The Morgan fingerprint density at radius 2 is 2.21 bits per heavy atom. The molecule has 1 nitrogen and oxygen atoms in total. The van der Waals surface area contributed by atoms with Crippen LogP contribution < -0.4 is 0 Å². The van der Waals surface area contributed by atoms with E-state index in [0.717, 1.165) is 6.42 Å². The second-order valence-electron chi connectivity index (χ2n) is 4.99. The Morgan fingerprint density at radius 1 is 1.57 bits per heavy atom. The largest absolute Gasteiger partial charge is 0.388 e. The summed E-state index contributed by atoms with van der Waals surface area (Å²) in [6, 6.07) is 0. The van der Waals surface area contributed by atoms with Gasteiger partial charge in [-0.15, -0.1) is 0 Å². The van der Waals surface area contributed by atoms with Crippen molar-refractivity contribution >= 4 is 0 Å². The van der Waals surface area contributed by atoms with Crippen LogP contribution in [0.2, 0.25) is 0 Å². The average molecular weight is 194 g/mol. The minimum atomic E-state index is -0.359. The number of rotatable bonds is 2. The molecule has 0 aromatic rings. The molecular weight excluding hydrogens is 172 g/mol. The SMILES string of the molecule is C=C1CCCC(C)(C)C1C(O)/C=C/C. The van der Waals surface area contributed by atoms with Gasteiger partial charge >= 0.3 is 0 Å². The molecule has 1 heteroatoms. The lowest BCUT2D eigenvalue weighted by Gasteiger charge is -2.42. The molecule has 2 unspecified atom stereocenters. The van der Waals surface area contributed by atoms with Crippen molar-refractivity contribution in [2.45, 2.75) is 46.1 Å². The van der Waals surface area contributed by atoms with E-state index in [9.17, 15) is 5.11 Å². The number of aliphatic hydroxyl groups is 1. The van der Waals surface area contributed by atoms with E-state index in [2.05, 4.69) is 20.4 Å². The van der Waals surface area contributed by atoms with E-state index in [4.69, 9.17) is 0 Å². The number of hydrogen-bond donors (Lipinski definition) is 1. The van der Waals surface area contributed by atoms with Crippen molar-refractivity contribution in [1.82, 2.24) is 0 Å². The van der Waals surface area contributed by atoms with Crippen LogP contribution in [-0.4, -0.2) is 11.2 Å². The third-order valence-corrected chi connectivity index (χ3v) is 3.33. The first-order valence-electron chi connectivity index (χ1n) is 5.47. The van der Waals surface area contributed by atoms with Crippen molar-refractivity contribution in [1.29, 1.82) is 0 Å². The smallest absolute Gasteiger partial charge is 0.0791 e. The van der Waals surface area contributed by atoms with Crippen molar-refractivity contribution in [2.75, 3.05) is 0 Å². The fourth-order valence-electron chi connectivity index (χ4n) is 2.65. The van der Waals surface area contributed by atoms with E-state index in [1.807, 2.05) is 19.1 Å². The predicted octanol–water partition coefficient (Wildman–Crippen LogP) is 3.31. The summed E-state index contributed by atoms with van der Waals surface area (Å²) in [7, 11) is 0. The summed E-state index contributed by atoms with van der Waals surface area (Å²) in [5.74, 6) is 0.229. The molecule has 0 aliphatic heterocycles. The summed E-state index contributed by atoms with van der Waals surface area (Å²) in [5, 5.41) is 10.0. The summed E-state index contributed by atoms with van der Waals surface area (Å²) in [6.45, 7) is 10.5. The van der Waals surface area contributed by atoms with Gasteiger partial charge in [0.25, 0.3) is 0 Å². The Hall–Kier alpha value is -0.560. The predicted molar refractivity (Wildman–Crippen MR) is 61.1 cm³/mol. The van der Waals surface area contributed by atoms with Crippen molar-refractivity contribution in [3.05, 3.63) is 24.3 Å². The molecule has 1 aliphatic rings. The van der Waals surface area contributed by atoms with Crippen LogP contribution in [0.15, 0.2) is 24.3 Å². The van der Waals surface area contributed by atoms with E-state index in [1.54, 1.807) is 0 Å². The zero-order chi connectivity index (χ0) is 10.8. The van der Waals surface area contributed by atoms with Crippen LogP contribution in [0.25, 0.3) is 0 Å². The highest BCUT2D eigenvalue weighted by atomic mass is 16.3. The van der Waals surface area contributed by atoms with Crippen LogP contribution in [0.4, 0.5) is 0 Å². The molecular formula is C13H22O. The van der Waals surface area contributed by atoms with Gasteiger partial charge in [0.1, 0.15) is 0 Å². The van der Waals surface area contributed by atoms with Gasteiger partial charge in [0.2, 0.25) is 0 Å². The first-order chi connectivity index (χ1) is 6.49. The van der Waals surface area contributed by atoms with Crippen molar-refractivity contribution < 1.29 is 5.11 Å². The molecule has 0 heterocycles. The van der Waals surface area contributed by atoms with E-state index >= 15 is 0 Å². The highest BCUT2D eigenvalue weighted by Gasteiger charge is 2.37. The molecule has 0 saturated heterocycles. The maximum absolute atomic E-state index is 10.0. The minimum absolute atomic E-state index is 0.189. The Labute approximate surface area is 87.5 Å². The maximum Gasteiger partial charge on any atom is 0.0791 e. The highest BCUT2D eigenvalue weighted by Crippen LogP contribution is 2.44. The molecule has 1 saturated carbocycles. The Kier molecular flexibility index (Phi) is 3.54. The summed E-state index contributed by atoms with van der Waals surface area (Å²) in [5.41, 5.74) is 1.40. The van der Waals surface area contributed by atoms with Gasteiger partial charge in [-0.3, -0.25) is 0 Å². The maximum atomic E-state index is 10.0. The van der Waals surface area contributed by atoms with Crippen LogP contribution >= 0.6 is 0 Å². The van der Waals surface area contributed by atoms with E-state index < -0.39 is 0 Å². The summed E-state index contributed by atoms with van der Waals surface area (Å²) >= 11 is 0. The third-order valence-electron chi connectivity index (χ3n) is 3.33. The van der Waals surface area contributed by atoms with Gasteiger partial charge in [-0.05, 0) is 31.6 Å². The van der Waals surface area contributed by atoms with Crippen molar-refractivity contribution in [2.24, 2.45) is 11.3 Å². The van der Waals surface area contributed by atoms with Gasteiger partial charge < -0.3 is 5.11 Å². The quantitative estimate of drug-likeness (QED) is 0.669. The lowest BCUT2D eigenvalue weighted by Crippen LogP contribution is -2.37. The van der Waals surface area contributed by atoms with Crippen LogP contribution in [0, 0.1) is 11.3 Å². The fraction of sp³-hybridized carbons (Fsp3) is 0.692. The lowest BCUT2D eigenvalue weighted by molar-refractivity contribution is 0.0675. The molecule has 0 aromatic carbocycles. The fourth-order valence-corrected chi connectivity index (χ4v) is 2.65. The average Bonchev–Trinajstić information content (AvgIpc) is 2.02. The number of allylic oxidation sites excluding steroid dienone is 1. The minimum Gasteiger partial charge on any atom is -0.388 e. The molecule has 1 N–H and O–H groups in total. The second-order valence-corrected chi connectivity index (χ2v) is 4.99. The molecule has 80 valence electrons. The lowest BCUT2D eigenvalue weighted by atomic mass is 9.64. The van der Waals surface area contributed by atoms with E-state index in [0.29, 0.717) is 0 Å². The summed E-state index contributed by atoms with van der Waals surface area (Å²) in [6.07, 6.45) is 6.91. The molecule has 1 fully saturated rings. The summed E-state index contributed by atoms with van der Waals surface area (Å²) < 4.78 is 0. The molecule has 2 atom stereocenters. The van der Waals surface area contributed by atoms with E-state index in [1.165, 1.54) is 18.4 Å². The van der Waals surface area contributed by atoms with E-state index in [-0.39, 0.29) is 17.4 Å². The van der Waals surface area contributed by atoms with Crippen molar-refractivity contribution in [3.63, 3.8) is 0 Å². The topological polar surface area (TPSA) is 20.2 Å². The Morgan fingerprint density at radius 3 is 2.71 bits per heavy atom. The molecule has 0 bridgehead atoms. The number of aliphatic hydroxyl groups excluding tert-OH is 1. The third kappa shape index (κ3) is 2.27. The Bertz CT molecular complexity index is 238. The second kappa shape index (κ2) is 4.31. The zero-order valence-electron chi connectivity index (χ0n) is 9.59. The van der Waals surface area contributed by atoms with Crippen LogP contribution in [0.5, 0.6) is 0 Å². The van der Waals surface area contributed by atoms with Gasteiger partial charge in [-0.1, -0.05) is 38.2 Å². The molecule has 0 radical (unpaired) electrons. The molecule has 1 rings (SSSR count). The zero-order valence-corrected chi connectivity index (χ0v) is 9.59. The summed E-state index contributed by atoms with van der Waals surface area (Å²) in [4.78, 5) is 0. The van der Waals surface area contributed by atoms with Gasteiger partial charge in [0.05, 0.1) is 6.10 Å². The van der Waals surface area contributed by atoms with Crippen LogP contribution in [-0.2, 0) is 0 Å². The Balaban J connectivity index is 2.84. The van der Waals surface area contributed by atoms with Gasteiger partial charge in [0.15, 0.2) is 0 Å². The van der Waals surface area contributed by atoms with Gasteiger partial charge in [-0.25, -0.2) is 0 Å². The molecule has 14 heavy (non-hydrogen) atoms. The monoisotopic (exact) mass is 194 g/mol. The first kappa shape index (κ1) is 11.5.